The molecule has 0 radical (unpaired) electrons. The number of hydrogen-bond donors (Lipinski definition) is 1. The van der Waals surface area contributed by atoms with Crippen LogP contribution < -0.4 is 10.5 Å². The minimum atomic E-state index is 0.213. The first-order valence-electron chi connectivity index (χ1n) is 5.45. The van der Waals surface area contributed by atoms with Gasteiger partial charge in [0.1, 0.15) is 6.10 Å². The van der Waals surface area contributed by atoms with Crippen LogP contribution in [0.15, 0.2) is 30.5 Å². The normalized spacial score (nSPS) is 24.1. The molecule has 1 heterocycles. The van der Waals surface area contributed by atoms with E-state index in [-0.39, 0.29) is 6.10 Å². The summed E-state index contributed by atoms with van der Waals surface area (Å²) in [6, 6.07) is 8.05. The van der Waals surface area contributed by atoms with Gasteiger partial charge >= 0.3 is 0 Å². The quantitative estimate of drug-likeness (QED) is 0.824. The van der Waals surface area contributed by atoms with Crippen molar-refractivity contribution in [1.82, 2.24) is 9.97 Å². The Morgan fingerprint density at radius 1 is 1.19 bits per heavy atom. The topological polar surface area (TPSA) is 61.0 Å². The molecule has 1 aliphatic carbocycles. The van der Waals surface area contributed by atoms with Crippen molar-refractivity contribution in [3.05, 3.63) is 30.5 Å². The van der Waals surface area contributed by atoms with Crippen LogP contribution in [0.4, 0.5) is 0 Å². The molecule has 2 aromatic rings. The molecule has 0 unspecified atom stereocenters. The zero-order valence-corrected chi connectivity index (χ0v) is 8.84. The first-order chi connectivity index (χ1) is 7.81. The van der Waals surface area contributed by atoms with Crippen LogP contribution in [0.1, 0.15) is 12.8 Å². The van der Waals surface area contributed by atoms with Gasteiger partial charge in [-0.1, -0.05) is 12.1 Å². The van der Waals surface area contributed by atoms with Gasteiger partial charge < -0.3 is 10.5 Å². The second kappa shape index (κ2) is 3.72. The van der Waals surface area contributed by atoms with E-state index in [1.807, 2.05) is 24.3 Å². The van der Waals surface area contributed by atoms with Gasteiger partial charge in [0, 0.05) is 6.04 Å². The van der Waals surface area contributed by atoms with Crippen molar-refractivity contribution < 1.29 is 4.74 Å². The predicted octanol–water partition coefficient (Wildman–Crippen LogP) is 1.50. The fraction of sp³-hybridized carbons (Fsp3) is 0.333. The number of benzene rings is 1. The standard InChI is InChI=1S/C12H13N3O/c13-8-5-9(6-8)16-12-7-14-10-3-1-2-4-11(10)15-12/h1-4,7-9H,5-6,13H2. The fourth-order valence-electron chi connectivity index (χ4n) is 1.87. The van der Waals surface area contributed by atoms with Crippen LogP contribution in [-0.4, -0.2) is 22.1 Å². The number of para-hydroxylation sites is 2. The lowest BCUT2D eigenvalue weighted by Gasteiger charge is -2.31. The third-order valence-electron chi connectivity index (χ3n) is 2.85. The van der Waals surface area contributed by atoms with Gasteiger partial charge in [-0.25, -0.2) is 9.97 Å². The van der Waals surface area contributed by atoms with Gasteiger partial charge in [0.25, 0.3) is 0 Å². The summed E-state index contributed by atoms with van der Waals surface area (Å²) in [5.41, 5.74) is 7.45. The summed E-state index contributed by atoms with van der Waals surface area (Å²) in [5.74, 6) is 0.593. The minimum Gasteiger partial charge on any atom is -0.473 e. The smallest absolute Gasteiger partial charge is 0.233 e. The molecule has 16 heavy (non-hydrogen) atoms. The molecule has 3 rings (SSSR count). The zero-order valence-electron chi connectivity index (χ0n) is 8.84. The molecule has 0 aliphatic heterocycles. The summed E-state index contributed by atoms with van der Waals surface area (Å²) in [6.45, 7) is 0. The molecular formula is C12H13N3O. The Kier molecular flexibility index (Phi) is 2.22. The van der Waals surface area contributed by atoms with Crippen LogP contribution in [0.2, 0.25) is 0 Å². The van der Waals surface area contributed by atoms with Gasteiger partial charge in [0.2, 0.25) is 5.88 Å². The summed E-state index contributed by atoms with van der Waals surface area (Å²) < 4.78 is 5.68. The van der Waals surface area contributed by atoms with E-state index in [9.17, 15) is 0 Å². The maximum Gasteiger partial charge on any atom is 0.233 e. The summed E-state index contributed by atoms with van der Waals surface area (Å²) in [6.07, 6.45) is 3.71. The highest BCUT2D eigenvalue weighted by molar-refractivity contribution is 5.73. The third kappa shape index (κ3) is 1.72. The molecule has 1 aromatic carbocycles. The summed E-state index contributed by atoms with van der Waals surface area (Å²) >= 11 is 0. The van der Waals surface area contributed by atoms with E-state index in [0.29, 0.717) is 11.9 Å². The predicted molar refractivity (Wildman–Crippen MR) is 61.2 cm³/mol. The molecule has 1 fully saturated rings. The second-order valence-electron chi connectivity index (χ2n) is 4.17. The van der Waals surface area contributed by atoms with Gasteiger partial charge in [-0.05, 0) is 25.0 Å². The van der Waals surface area contributed by atoms with E-state index in [1.54, 1.807) is 6.20 Å². The molecule has 1 aliphatic rings. The van der Waals surface area contributed by atoms with Crippen LogP contribution >= 0.6 is 0 Å². The fourth-order valence-corrected chi connectivity index (χ4v) is 1.87. The molecule has 0 amide bonds. The maximum absolute atomic E-state index is 5.70. The molecule has 2 N–H and O–H groups in total. The van der Waals surface area contributed by atoms with Crippen molar-refractivity contribution in [2.45, 2.75) is 25.0 Å². The van der Waals surface area contributed by atoms with E-state index >= 15 is 0 Å². The number of nitrogens with zero attached hydrogens (tertiary/aromatic N) is 2. The molecule has 82 valence electrons. The van der Waals surface area contributed by atoms with E-state index in [0.717, 1.165) is 23.9 Å². The van der Waals surface area contributed by atoms with Gasteiger partial charge in [0.15, 0.2) is 0 Å². The average molecular weight is 215 g/mol. The van der Waals surface area contributed by atoms with Crippen molar-refractivity contribution in [2.24, 2.45) is 5.73 Å². The lowest BCUT2D eigenvalue weighted by Crippen LogP contribution is -2.43. The summed E-state index contributed by atoms with van der Waals surface area (Å²) in [7, 11) is 0. The Labute approximate surface area is 93.5 Å². The highest BCUT2D eigenvalue weighted by Gasteiger charge is 2.28. The Hall–Kier alpha value is -1.68. The SMILES string of the molecule is NC1CC(Oc2cnc3ccccc3n2)C1. The molecule has 0 spiro atoms. The molecule has 0 atom stereocenters. The van der Waals surface area contributed by atoms with Crippen LogP contribution in [0, 0.1) is 0 Å². The molecule has 4 nitrogen and oxygen atoms in total. The Morgan fingerprint density at radius 3 is 2.69 bits per heavy atom. The van der Waals surface area contributed by atoms with Gasteiger partial charge in [0.05, 0.1) is 17.2 Å². The maximum atomic E-state index is 5.70. The van der Waals surface area contributed by atoms with Crippen molar-refractivity contribution in [3.8, 4) is 5.88 Å². The average Bonchev–Trinajstić information content (AvgIpc) is 2.27. The van der Waals surface area contributed by atoms with E-state index in [2.05, 4.69) is 9.97 Å². The van der Waals surface area contributed by atoms with Gasteiger partial charge in [-0.2, -0.15) is 0 Å². The minimum absolute atomic E-state index is 0.213. The molecule has 0 bridgehead atoms. The highest BCUT2D eigenvalue weighted by atomic mass is 16.5. The number of fused-ring (bicyclic) bond motifs is 1. The van der Waals surface area contributed by atoms with Crippen LogP contribution in [0.5, 0.6) is 5.88 Å². The molecule has 1 saturated carbocycles. The molecular weight excluding hydrogens is 202 g/mol. The van der Waals surface area contributed by atoms with Crippen LogP contribution in [0.3, 0.4) is 0 Å². The Morgan fingerprint density at radius 2 is 1.94 bits per heavy atom. The molecule has 4 heteroatoms. The zero-order chi connectivity index (χ0) is 11.0. The first-order valence-corrected chi connectivity index (χ1v) is 5.45. The number of ether oxygens (including phenoxy) is 1. The number of hydrogen-bond acceptors (Lipinski definition) is 4. The largest absolute Gasteiger partial charge is 0.473 e. The first kappa shape index (κ1) is 9.54. The molecule has 1 aromatic heterocycles. The number of nitrogens with two attached hydrogens (primary N) is 1. The summed E-state index contributed by atoms with van der Waals surface area (Å²) in [4.78, 5) is 8.69. The van der Waals surface area contributed by atoms with Crippen molar-refractivity contribution in [2.75, 3.05) is 0 Å². The van der Waals surface area contributed by atoms with Crippen LogP contribution in [-0.2, 0) is 0 Å². The number of aromatic nitrogens is 2. The van der Waals surface area contributed by atoms with Crippen molar-refractivity contribution in [1.29, 1.82) is 0 Å². The van der Waals surface area contributed by atoms with E-state index in [4.69, 9.17) is 10.5 Å². The van der Waals surface area contributed by atoms with Crippen molar-refractivity contribution >= 4 is 11.0 Å². The van der Waals surface area contributed by atoms with E-state index < -0.39 is 0 Å². The lowest BCUT2D eigenvalue weighted by atomic mass is 9.90. The Bertz CT molecular complexity index is 508. The van der Waals surface area contributed by atoms with Crippen LogP contribution in [0.25, 0.3) is 11.0 Å². The number of rotatable bonds is 2. The third-order valence-corrected chi connectivity index (χ3v) is 2.85. The van der Waals surface area contributed by atoms with Crippen molar-refractivity contribution in [3.63, 3.8) is 0 Å². The molecule has 0 saturated heterocycles. The lowest BCUT2D eigenvalue weighted by molar-refractivity contribution is 0.0958. The monoisotopic (exact) mass is 215 g/mol. The van der Waals surface area contributed by atoms with E-state index in [1.165, 1.54) is 0 Å². The summed E-state index contributed by atoms with van der Waals surface area (Å²) in [5, 5.41) is 0. The highest BCUT2D eigenvalue weighted by Crippen LogP contribution is 2.23. The van der Waals surface area contributed by atoms with Gasteiger partial charge in [-0.3, -0.25) is 0 Å². The van der Waals surface area contributed by atoms with Gasteiger partial charge in [-0.15, -0.1) is 0 Å². The second-order valence-corrected chi connectivity index (χ2v) is 4.17. The Balaban J connectivity index is 1.82.